The van der Waals surface area contributed by atoms with Gasteiger partial charge in [-0.2, -0.15) is 4.72 Å². The Morgan fingerprint density at radius 3 is 2.37 bits per heavy atom. The maximum Gasteiger partial charge on any atom is 0.244 e. The first-order chi connectivity index (χ1) is 18.2. The molecule has 38 heavy (non-hydrogen) atoms. The molecule has 0 aliphatic heterocycles. The lowest BCUT2D eigenvalue weighted by atomic mass is 10.1. The van der Waals surface area contributed by atoms with Crippen LogP contribution in [0.2, 0.25) is 0 Å². The predicted octanol–water partition coefficient (Wildman–Crippen LogP) is 3.70. The smallest absolute Gasteiger partial charge is 0.244 e. The zero-order chi connectivity index (χ0) is 27.1. The number of nitrogens with zero attached hydrogens (tertiary/aromatic N) is 2. The van der Waals surface area contributed by atoms with E-state index in [1.807, 2.05) is 42.5 Å². The van der Waals surface area contributed by atoms with E-state index in [1.165, 1.54) is 31.2 Å². The molecular weight excluding hydrogens is 526 g/mol. The normalized spacial score (nSPS) is 11.9. The zero-order valence-electron chi connectivity index (χ0n) is 20.5. The lowest BCUT2D eigenvalue weighted by Crippen LogP contribution is -2.45. The van der Waals surface area contributed by atoms with E-state index in [0.717, 1.165) is 22.5 Å². The average molecular weight is 552 g/mol. The van der Waals surface area contributed by atoms with Crippen LogP contribution < -0.4 is 20.1 Å². The third kappa shape index (κ3) is 7.00. The molecule has 12 heteroatoms. The molecule has 1 aromatic heterocycles. The molecule has 1 heterocycles. The maximum absolute atomic E-state index is 13.3. The first-order valence-corrected chi connectivity index (χ1v) is 13.8. The summed E-state index contributed by atoms with van der Waals surface area (Å²) in [6.45, 7) is 1.36. The van der Waals surface area contributed by atoms with Crippen LogP contribution in [0.1, 0.15) is 12.5 Å². The zero-order valence-corrected chi connectivity index (χ0v) is 22.2. The number of methoxy groups -OCH3 is 1. The minimum absolute atomic E-state index is 0.0475. The largest absolute Gasteiger partial charge is 0.497 e. The lowest BCUT2D eigenvalue weighted by molar-refractivity contribution is -0.117. The van der Waals surface area contributed by atoms with Crippen LogP contribution in [0.15, 0.2) is 83.8 Å². The van der Waals surface area contributed by atoms with Gasteiger partial charge >= 0.3 is 0 Å². The minimum atomic E-state index is -4.08. The Bertz CT molecular complexity index is 1520. The van der Waals surface area contributed by atoms with Crippen LogP contribution in [0, 0.1) is 0 Å². The van der Waals surface area contributed by atoms with Crippen molar-refractivity contribution in [2.24, 2.45) is 0 Å². The van der Waals surface area contributed by atoms with Gasteiger partial charge in [-0.25, -0.2) is 8.42 Å². The third-order valence-corrected chi connectivity index (χ3v) is 7.73. The molecule has 10 nitrogen and oxygen atoms in total. The Morgan fingerprint density at radius 2 is 1.68 bits per heavy atom. The van der Waals surface area contributed by atoms with E-state index in [4.69, 9.17) is 4.74 Å². The fourth-order valence-electron chi connectivity index (χ4n) is 3.55. The van der Waals surface area contributed by atoms with Crippen LogP contribution in [0.4, 0.5) is 10.8 Å². The second kappa shape index (κ2) is 11.9. The summed E-state index contributed by atoms with van der Waals surface area (Å²) in [4.78, 5) is 24.5. The number of hydrogen-bond donors (Lipinski definition) is 3. The van der Waals surface area contributed by atoms with Crippen molar-refractivity contribution in [3.05, 3.63) is 84.4 Å². The van der Waals surface area contributed by atoms with Gasteiger partial charge in [0.25, 0.3) is 0 Å². The number of nitrogens with one attached hydrogen (secondary N) is 3. The molecule has 196 valence electrons. The molecule has 0 aliphatic carbocycles. The summed E-state index contributed by atoms with van der Waals surface area (Å²) in [6, 6.07) is 20.9. The summed E-state index contributed by atoms with van der Waals surface area (Å²) in [5, 5.41) is 14.3. The van der Waals surface area contributed by atoms with Crippen LogP contribution in [0.5, 0.6) is 5.75 Å². The van der Waals surface area contributed by atoms with E-state index < -0.39 is 22.0 Å². The highest BCUT2D eigenvalue weighted by Crippen LogP contribution is 2.29. The first kappa shape index (κ1) is 26.9. The highest BCUT2D eigenvalue weighted by atomic mass is 32.2. The van der Waals surface area contributed by atoms with Crippen molar-refractivity contribution < 1.29 is 22.7 Å². The number of benzene rings is 3. The average Bonchev–Trinajstić information content (AvgIpc) is 3.37. The van der Waals surface area contributed by atoms with Gasteiger partial charge in [-0.3, -0.25) is 14.9 Å². The molecule has 3 N–H and O–H groups in total. The monoisotopic (exact) mass is 551 g/mol. The number of carbonyl (C=O) groups is 2. The molecule has 0 aliphatic rings. The third-order valence-electron chi connectivity index (χ3n) is 5.35. The summed E-state index contributed by atoms with van der Waals surface area (Å²) in [5.74, 6) is -0.198. The number of rotatable bonds is 10. The van der Waals surface area contributed by atoms with Crippen LogP contribution in [-0.4, -0.2) is 43.6 Å². The molecule has 0 bridgehead atoms. The molecule has 4 rings (SSSR count). The van der Waals surface area contributed by atoms with Crippen molar-refractivity contribution in [2.45, 2.75) is 24.3 Å². The number of sulfonamides is 1. The Hall–Kier alpha value is -4.13. The molecular formula is C26H25N5O5S2. The SMILES string of the molecule is COc1cccc(-c2nnc(NC(=O)C(Cc3ccccc3)NS(=O)(=O)c3ccc(NC(C)=O)cc3)s2)c1. The second-order valence-corrected chi connectivity index (χ2v) is 10.9. The number of aromatic nitrogens is 2. The molecule has 1 atom stereocenters. The van der Waals surface area contributed by atoms with Crippen LogP contribution in [0.25, 0.3) is 10.6 Å². The Morgan fingerprint density at radius 1 is 0.947 bits per heavy atom. The van der Waals surface area contributed by atoms with Gasteiger partial charge in [-0.1, -0.05) is 53.8 Å². The van der Waals surface area contributed by atoms with Crippen molar-refractivity contribution >= 4 is 44.0 Å². The summed E-state index contributed by atoms with van der Waals surface area (Å²) in [5.41, 5.74) is 2.00. The van der Waals surface area contributed by atoms with Crippen molar-refractivity contribution in [3.8, 4) is 16.3 Å². The summed E-state index contributed by atoms with van der Waals surface area (Å²) in [7, 11) is -2.51. The van der Waals surface area contributed by atoms with Gasteiger partial charge < -0.3 is 10.1 Å². The van der Waals surface area contributed by atoms with Gasteiger partial charge in [0.2, 0.25) is 27.0 Å². The molecule has 0 saturated heterocycles. The van der Waals surface area contributed by atoms with Gasteiger partial charge in [0, 0.05) is 18.2 Å². The topological polar surface area (TPSA) is 139 Å². The number of ether oxygens (including phenoxy) is 1. The quantitative estimate of drug-likeness (QED) is 0.273. The standard InChI is InChI=1S/C26H25N5O5S2/c1-17(32)27-20-11-13-22(14-12-20)38(34,35)31-23(15-18-7-4-3-5-8-18)24(33)28-26-30-29-25(37-26)19-9-6-10-21(16-19)36-2/h3-14,16,23,31H,15H2,1-2H3,(H,27,32)(H,28,30,33). The van der Waals surface area contributed by atoms with E-state index in [-0.39, 0.29) is 22.4 Å². The second-order valence-electron chi connectivity index (χ2n) is 8.20. The minimum Gasteiger partial charge on any atom is -0.497 e. The molecule has 1 unspecified atom stereocenters. The van der Waals surface area contributed by atoms with E-state index in [2.05, 4.69) is 25.6 Å². The molecule has 0 radical (unpaired) electrons. The predicted molar refractivity (Wildman–Crippen MR) is 146 cm³/mol. The van der Waals surface area contributed by atoms with Gasteiger partial charge in [-0.05, 0) is 48.4 Å². The summed E-state index contributed by atoms with van der Waals surface area (Å²) < 4.78 is 34.1. The molecule has 2 amide bonds. The highest BCUT2D eigenvalue weighted by Gasteiger charge is 2.27. The summed E-state index contributed by atoms with van der Waals surface area (Å²) in [6.07, 6.45) is 0.109. The highest BCUT2D eigenvalue weighted by molar-refractivity contribution is 7.89. The van der Waals surface area contributed by atoms with Gasteiger partial charge in [-0.15, -0.1) is 10.2 Å². The Balaban J connectivity index is 1.54. The van der Waals surface area contributed by atoms with Crippen molar-refractivity contribution in [3.63, 3.8) is 0 Å². The van der Waals surface area contributed by atoms with Gasteiger partial charge in [0.15, 0.2) is 0 Å². The van der Waals surface area contributed by atoms with Gasteiger partial charge in [0.1, 0.15) is 16.8 Å². The van der Waals surface area contributed by atoms with Crippen LogP contribution in [0.3, 0.4) is 0 Å². The number of anilines is 2. The number of carbonyl (C=O) groups excluding carboxylic acids is 2. The fourth-order valence-corrected chi connectivity index (χ4v) is 5.49. The number of amides is 2. The Kier molecular flexibility index (Phi) is 8.46. The molecule has 0 spiro atoms. The van der Waals surface area contributed by atoms with E-state index in [0.29, 0.717) is 16.4 Å². The summed E-state index contributed by atoms with van der Waals surface area (Å²) >= 11 is 1.16. The van der Waals surface area contributed by atoms with Crippen LogP contribution >= 0.6 is 11.3 Å². The van der Waals surface area contributed by atoms with Crippen molar-refractivity contribution in [2.75, 3.05) is 17.7 Å². The van der Waals surface area contributed by atoms with Crippen molar-refractivity contribution in [1.29, 1.82) is 0 Å². The molecule has 4 aromatic rings. The molecule has 3 aromatic carbocycles. The molecule has 0 saturated carbocycles. The van der Waals surface area contributed by atoms with E-state index >= 15 is 0 Å². The van der Waals surface area contributed by atoms with E-state index in [1.54, 1.807) is 19.2 Å². The first-order valence-electron chi connectivity index (χ1n) is 11.5. The van der Waals surface area contributed by atoms with Crippen LogP contribution in [-0.2, 0) is 26.0 Å². The maximum atomic E-state index is 13.3. The lowest BCUT2D eigenvalue weighted by Gasteiger charge is -2.18. The number of hydrogen-bond acceptors (Lipinski definition) is 8. The van der Waals surface area contributed by atoms with Gasteiger partial charge in [0.05, 0.1) is 12.0 Å². The van der Waals surface area contributed by atoms with E-state index in [9.17, 15) is 18.0 Å². The Labute approximate surface area is 224 Å². The van der Waals surface area contributed by atoms with Crippen molar-refractivity contribution in [1.82, 2.24) is 14.9 Å². The fraction of sp³-hybridized carbons (Fsp3) is 0.154. The molecule has 0 fully saturated rings.